The number of imidazole rings is 1. The summed E-state index contributed by atoms with van der Waals surface area (Å²) in [7, 11) is 2.03. The number of benzene rings is 1. The van der Waals surface area contributed by atoms with Crippen molar-refractivity contribution in [2.75, 3.05) is 44.7 Å². The van der Waals surface area contributed by atoms with Crippen LogP contribution in [0.4, 0.5) is 11.4 Å². The molecule has 1 N–H and O–H groups in total. The first-order valence-corrected chi connectivity index (χ1v) is 9.00. The van der Waals surface area contributed by atoms with Crippen LogP contribution in [-0.4, -0.2) is 65.1 Å². The molecule has 0 aliphatic carbocycles. The Labute approximate surface area is 157 Å². The Morgan fingerprint density at radius 1 is 1.30 bits per heavy atom. The summed E-state index contributed by atoms with van der Waals surface area (Å²) in [4.78, 5) is 31.6. The highest BCUT2D eigenvalue weighted by molar-refractivity contribution is 5.95. The van der Waals surface area contributed by atoms with Gasteiger partial charge >= 0.3 is 0 Å². The van der Waals surface area contributed by atoms with Crippen LogP contribution in [0.1, 0.15) is 16.8 Å². The SMILES string of the molecule is CN1CCN(c2ccc(C(=O)NCCCn3ccnc3)cc2[N+](=O)[O-])CC1. The number of likely N-dealkylation sites (N-methyl/N-ethyl adjacent to an activating group) is 1. The summed E-state index contributed by atoms with van der Waals surface area (Å²) in [6, 6.07) is 4.72. The quantitative estimate of drug-likeness (QED) is 0.448. The number of carbonyl (C=O) groups excluding carboxylic acids is 1. The van der Waals surface area contributed by atoms with Gasteiger partial charge in [0.15, 0.2) is 0 Å². The summed E-state index contributed by atoms with van der Waals surface area (Å²) < 4.78 is 1.93. The van der Waals surface area contributed by atoms with Crippen LogP contribution in [0.5, 0.6) is 0 Å². The molecule has 0 atom stereocenters. The molecule has 1 amide bonds. The predicted octanol–water partition coefficient (Wildman–Crippen LogP) is 1.36. The molecule has 2 aromatic rings. The number of hydrogen-bond donors (Lipinski definition) is 1. The van der Waals surface area contributed by atoms with Gasteiger partial charge in [-0.05, 0) is 25.6 Å². The van der Waals surface area contributed by atoms with E-state index in [9.17, 15) is 14.9 Å². The number of nitro groups is 1. The number of nitrogens with one attached hydrogen (secondary N) is 1. The summed E-state index contributed by atoms with van der Waals surface area (Å²) in [6.07, 6.45) is 6.05. The van der Waals surface area contributed by atoms with Crippen molar-refractivity contribution >= 4 is 17.3 Å². The molecule has 0 saturated carbocycles. The van der Waals surface area contributed by atoms with E-state index in [0.717, 1.165) is 39.1 Å². The normalized spacial score (nSPS) is 14.9. The molecule has 1 aliphatic rings. The second-order valence-electron chi connectivity index (χ2n) is 6.66. The molecule has 0 spiro atoms. The molecule has 0 bridgehead atoms. The summed E-state index contributed by atoms with van der Waals surface area (Å²) in [6.45, 7) is 4.43. The van der Waals surface area contributed by atoms with Crippen molar-refractivity contribution in [3.8, 4) is 0 Å². The molecule has 27 heavy (non-hydrogen) atoms. The zero-order chi connectivity index (χ0) is 19.2. The summed E-state index contributed by atoms with van der Waals surface area (Å²) in [5, 5.41) is 14.3. The van der Waals surface area contributed by atoms with Gasteiger partial charge < -0.3 is 19.7 Å². The van der Waals surface area contributed by atoms with Crippen molar-refractivity contribution < 1.29 is 9.72 Å². The van der Waals surface area contributed by atoms with E-state index in [0.29, 0.717) is 17.8 Å². The third-order valence-corrected chi connectivity index (χ3v) is 4.72. The second kappa shape index (κ2) is 8.63. The largest absolute Gasteiger partial charge is 0.363 e. The van der Waals surface area contributed by atoms with E-state index in [1.165, 1.54) is 6.07 Å². The third-order valence-electron chi connectivity index (χ3n) is 4.72. The van der Waals surface area contributed by atoms with Gasteiger partial charge in [0.05, 0.1) is 11.3 Å². The number of carbonyl (C=O) groups is 1. The first-order valence-electron chi connectivity index (χ1n) is 9.00. The van der Waals surface area contributed by atoms with Gasteiger partial charge in [0.2, 0.25) is 0 Å². The standard InChI is InChI=1S/C18H24N6O3/c1-21-9-11-23(12-10-21)16-4-3-15(13-17(16)24(26)27)18(25)20-5-2-7-22-8-6-19-14-22/h3-4,6,8,13-14H,2,5,7,9-12H2,1H3,(H,20,25). The van der Waals surface area contributed by atoms with Crippen LogP contribution in [0.25, 0.3) is 0 Å². The molecular formula is C18H24N6O3. The van der Waals surface area contributed by atoms with E-state index in [4.69, 9.17) is 0 Å². The number of aromatic nitrogens is 2. The fourth-order valence-electron chi connectivity index (χ4n) is 3.11. The number of hydrogen-bond acceptors (Lipinski definition) is 6. The Hall–Kier alpha value is -2.94. The van der Waals surface area contributed by atoms with Crippen LogP contribution in [0.2, 0.25) is 0 Å². The van der Waals surface area contributed by atoms with Crippen LogP contribution >= 0.6 is 0 Å². The van der Waals surface area contributed by atoms with Gasteiger partial charge in [0.1, 0.15) is 5.69 Å². The smallest absolute Gasteiger partial charge is 0.293 e. The van der Waals surface area contributed by atoms with Crippen molar-refractivity contribution in [3.05, 3.63) is 52.6 Å². The monoisotopic (exact) mass is 372 g/mol. The summed E-state index contributed by atoms with van der Waals surface area (Å²) in [5.41, 5.74) is 0.859. The number of rotatable bonds is 7. The van der Waals surface area contributed by atoms with E-state index in [1.54, 1.807) is 24.7 Å². The first-order chi connectivity index (χ1) is 13.0. The molecular weight excluding hydrogens is 348 g/mol. The average Bonchev–Trinajstić information content (AvgIpc) is 3.19. The second-order valence-corrected chi connectivity index (χ2v) is 6.66. The van der Waals surface area contributed by atoms with Crippen molar-refractivity contribution in [3.63, 3.8) is 0 Å². The van der Waals surface area contributed by atoms with Crippen LogP contribution in [0, 0.1) is 10.1 Å². The van der Waals surface area contributed by atoms with E-state index in [-0.39, 0.29) is 11.6 Å². The Bertz CT molecular complexity index is 784. The number of piperazine rings is 1. The first kappa shape index (κ1) is 18.8. The minimum absolute atomic E-state index is 0.0226. The van der Waals surface area contributed by atoms with Crippen molar-refractivity contribution in [1.29, 1.82) is 0 Å². The number of nitro benzene ring substituents is 1. The molecule has 2 heterocycles. The van der Waals surface area contributed by atoms with Gasteiger partial charge in [0.25, 0.3) is 11.6 Å². The molecule has 0 unspecified atom stereocenters. The fourth-order valence-corrected chi connectivity index (χ4v) is 3.11. The molecule has 144 valence electrons. The lowest BCUT2D eigenvalue weighted by Gasteiger charge is -2.33. The van der Waals surface area contributed by atoms with Gasteiger partial charge in [-0.1, -0.05) is 0 Å². The van der Waals surface area contributed by atoms with E-state index < -0.39 is 4.92 Å². The maximum absolute atomic E-state index is 12.3. The minimum atomic E-state index is -0.413. The molecule has 1 aromatic carbocycles. The molecule has 1 fully saturated rings. The highest BCUT2D eigenvalue weighted by atomic mass is 16.6. The lowest BCUT2D eigenvalue weighted by molar-refractivity contribution is -0.384. The highest BCUT2D eigenvalue weighted by Gasteiger charge is 2.24. The number of nitrogens with zero attached hydrogens (tertiary/aromatic N) is 5. The molecule has 9 heteroatoms. The van der Waals surface area contributed by atoms with E-state index in [2.05, 4.69) is 15.2 Å². The highest BCUT2D eigenvalue weighted by Crippen LogP contribution is 2.30. The van der Waals surface area contributed by atoms with Crippen LogP contribution in [0.15, 0.2) is 36.9 Å². The lowest BCUT2D eigenvalue weighted by atomic mass is 10.1. The van der Waals surface area contributed by atoms with Gasteiger partial charge in [-0.3, -0.25) is 14.9 Å². The van der Waals surface area contributed by atoms with Crippen molar-refractivity contribution in [2.45, 2.75) is 13.0 Å². The van der Waals surface area contributed by atoms with Crippen LogP contribution in [0.3, 0.4) is 0 Å². The molecule has 9 nitrogen and oxygen atoms in total. The zero-order valence-electron chi connectivity index (χ0n) is 15.4. The van der Waals surface area contributed by atoms with Gasteiger partial charge in [-0.25, -0.2) is 4.98 Å². The summed E-state index contributed by atoms with van der Waals surface area (Å²) in [5.74, 6) is -0.298. The molecule has 1 aromatic heterocycles. The fraction of sp³-hybridized carbons (Fsp3) is 0.444. The maximum Gasteiger partial charge on any atom is 0.293 e. The number of aryl methyl sites for hydroxylation is 1. The topological polar surface area (TPSA) is 96.5 Å². The molecule has 3 rings (SSSR count). The van der Waals surface area contributed by atoms with E-state index >= 15 is 0 Å². The lowest BCUT2D eigenvalue weighted by Crippen LogP contribution is -2.44. The van der Waals surface area contributed by atoms with Crippen LogP contribution < -0.4 is 10.2 Å². The maximum atomic E-state index is 12.3. The summed E-state index contributed by atoms with van der Waals surface area (Å²) >= 11 is 0. The van der Waals surface area contributed by atoms with Crippen molar-refractivity contribution in [1.82, 2.24) is 19.8 Å². The number of anilines is 1. The average molecular weight is 372 g/mol. The Morgan fingerprint density at radius 2 is 2.07 bits per heavy atom. The van der Waals surface area contributed by atoms with Gasteiger partial charge in [0, 0.05) is 63.3 Å². The minimum Gasteiger partial charge on any atom is -0.363 e. The zero-order valence-corrected chi connectivity index (χ0v) is 15.4. The molecule has 1 saturated heterocycles. The molecule has 0 radical (unpaired) electrons. The predicted molar refractivity (Wildman–Crippen MR) is 102 cm³/mol. The molecule has 1 aliphatic heterocycles. The Kier molecular flexibility index (Phi) is 6.02. The van der Waals surface area contributed by atoms with Gasteiger partial charge in [-0.2, -0.15) is 0 Å². The van der Waals surface area contributed by atoms with Crippen molar-refractivity contribution in [2.24, 2.45) is 0 Å². The van der Waals surface area contributed by atoms with Gasteiger partial charge in [-0.15, -0.1) is 0 Å². The van der Waals surface area contributed by atoms with Crippen LogP contribution in [-0.2, 0) is 6.54 Å². The Morgan fingerprint density at radius 3 is 2.74 bits per heavy atom. The van der Waals surface area contributed by atoms with E-state index in [1.807, 2.05) is 22.7 Å². The number of amides is 1. The third kappa shape index (κ3) is 4.82. The Balaban J connectivity index is 1.62.